The Labute approximate surface area is 74.1 Å². The monoisotopic (exact) mass is 173 g/mol. The molecule has 1 aliphatic rings. The Hall–Kier alpha value is -0.120. The van der Waals surface area contributed by atoms with E-state index in [4.69, 9.17) is 9.84 Å². The lowest BCUT2D eigenvalue weighted by atomic mass is 9.93. The second-order valence-corrected chi connectivity index (χ2v) is 3.53. The molecule has 1 heterocycles. The van der Waals surface area contributed by atoms with E-state index in [9.17, 15) is 0 Å². The summed E-state index contributed by atoms with van der Waals surface area (Å²) >= 11 is 0. The molecule has 2 N–H and O–H groups in total. The largest absolute Gasteiger partial charge is 0.368 e. The van der Waals surface area contributed by atoms with Crippen molar-refractivity contribution in [2.24, 2.45) is 5.92 Å². The van der Waals surface area contributed by atoms with Gasteiger partial charge in [0.2, 0.25) is 0 Å². The Bertz CT molecular complexity index is 122. The summed E-state index contributed by atoms with van der Waals surface area (Å²) in [5.41, 5.74) is 0. The molecule has 2 atom stereocenters. The first kappa shape index (κ1) is 9.96. The maximum atomic E-state index is 9.02. The zero-order chi connectivity index (χ0) is 8.97. The van der Waals surface area contributed by atoms with Crippen LogP contribution >= 0.6 is 0 Å². The van der Waals surface area contributed by atoms with Crippen molar-refractivity contribution in [3.05, 3.63) is 0 Å². The first-order valence-corrected chi connectivity index (χ1v) is 4.74. The average Bonchev–Trinajstić information content (AvgIpc) is 2.05. The van der Waals surface area contributed by atoms with Gasteiger partial charge in [-0.3, -0.25) is 0 Å². The minimum Gasteiger partial charge on any atom is -0.368 e. The van der Waals surface area contributed by atoms with Crippen LogP contribution in [0.25, 0.3) is 0 Å². The zero-order valence-electron chi connectivity index (χ0n) is 7.92. The summed E-state index contributed by atoms with van der Waals surface area (Å²) in [6.45, 7) is 5.87. The van der Waals surface area contributed by atoms with Crippen molar-refractivity contribution in [1.29, 1.82) is 0 Å². The maximum absolute atomic E-state index is 9.02. The Morgan fingerprint density at radius 1 is 1.33 bits per heavy atom. The van der Waals surface area contributed by atoms with E-state index in [1.54, 1.807) is 6.92 Å². The number of hydrogen-bond acceptors (Lipinski definition) is 3. The number of ether oxygens (including phenoxy) is 1. The quantitative estimate of drug-likeness (QED) is 0.618. The predicted octanol–water partition coefficient (Wildman–Crippen LogP) is 0.729. The van der Waals surface area contributed by atoms with Crippen molar-refractivity contribution in [3.8, 4) is 0 Å². The van der Waals surface area contributed by atoms with Gasteiger partial charge < -0.3 is 15.2 Å². The second kappa shape index (κ2) is 4.80. The van der Waals surface area contributed by atoms with Crippen LogP contribution < -0.4 is 5.32 Å². The van der Waals surface area contributed by atoms with Crippen molar-refractivity contribution < 1.29 is 9.84 Å². The van der Waals surface area contributed by atoms with Gasteiger partial charge in [0.05, 0.1) is 6.10 Å². The van der Waals surface area contributed by atoms with Gasteiger partial charge >= 0.3 is 0 Å². The van der Waals surface area contributed by atoms with Crippen molar-refractivity contribution >= 4 is 0 Å². The molecule has 0 radical (unpaired) electrons. The molecule has 0 spiro atoms. The van der Waals surface area contributed by atoms with Crippen molar-refractivity contribution in [2.75, 3.05) is 13.1 Å². The van der Waals surface area contributed by atoms with Crippen LogP contribution in [0, 0.1) is 5.92 Å². The fourth-order valence-electron chi connectivity index (χ4n) is 1.74. The summed E-state index contributed by atoms with van der Waals surface area (Å²) in [4.78, 5) is 0. The predicted molar refractivity (Wildman–Crippen MR) is 47.8 cm³/mol. The van der Waals surface area contributed by atoms with E-state index in [2.05, 4.69) is 5.32 Å². The summed E-state index contributed by atoms with van der Waals surface area (Å²) in [7, 11) is 0. The molecule has 0 aromatic rings. The molecule has 0 aromatic heterocycles. The first-order valence-electron chi connectivity index (χ1n) is 4.74. The van der Waals surface area contributed by atoms with Gasteiger partial charge in [-0.2, -0.15) is 0 Å². The summed E-state index contributed by atoms with van der Waals surface area (Å²) < 4.78 is 5.32. The van der Waals surface area contributed by atoms with Crippen LogP contribution in [0.3, 0.4) is 0 Å². The number of nitrogens with one attached hydrogen (secondary N) is 1. The zero-order valence-corrected chi connectivity index (χ0v) is 7.92. The summed E-state index contributed by atoms with van der Waals surface area (Å²) in [5.74, 6) is 0.612. The van der Waals surface area contributed by atoms with Gasteiger partial charge in [-0.05, 0) is 45.7 Å². The fraction of sp³-hybridized carbons (Fsp3) is 1.00. The Morgan fingerprint density at radius 2 is 1.92 bits per heavy atom. The number of aliphatic hydroxyl groups excluding tert-OH is 1. The number of piperidine rings is 1. The number of hydrogen-bond donors (Lipinski definition) is 2. The third kappa shape index (κ3) is 3.09. The van der Waals surface area contributed by atoms with Gasteiger partial charge in [-0.1, -0.05) is 0 Å². The van der Waals surface area contributed by atoms with Crippen LogP contribution in [-0.2, 0) is 4.74 Å². The van der Waals surface area contributed by atoms with E-state index in [1.165, 1.54) is 0 Å². The molecule has 1 aliphatic heterocycles. The first-order chi connectivity index (χ1) is 5.70. The molecular weight excluding hydrogens is 154 g/mol. The number of aliphatic hydroxyl groups is 1. The summed E-state index contributed by atoms with van der Waals surface area (Å²) in [6, 6.07) is 0. The van der Waals surface area contributed by atoms with Crippen LogP contribution in [0.1, 0.15) is 26.7 Å². The van der Waals surface area contributed by atoms with Crippen molar-refractivity contribution in [2.45, 2.75) is 39.1 Å². The van der Waals surface area contributed by atoms with E-state index in [-0.39, 0.29) is 6.10 Å². The standard InChI is InChI=1S/C9H19NO2/c1-7(12-8(2)11)9-3-5-10-6-4-9/h7-11H,3-6H2,1-2H3. The Morgan fingerprint density at radius 3 is 2.42 bits per heavy atom. The van der Waals surface area contributed by atoms with E-state index >= 15 is 0 Å². The normalized spacial score (nSPS) is 25.2. The molecule has 3 nitrogen and oxygen atoms in total. The third-order valence-electron chi connectivity index (χ3n) is 2.46. The van der Waals surface area contributed by atoms with Crippen LogP contribution in [0.5, 0.6) is 0 Å². The second-order valence-electron chi connectivity index (χ2n) is 3.53. The maximum Gasteiger partial charge on any atom is 0.152 e. The Balaban J connectivity index is 2.24. The molecule has 0 saturated carbocycles. The molecule has 3 heteroatoms. The summed E-state index contributed by atoms with van der Waals surface area (Å²) in [5, 5.41) is 12.3. The van der Waals surface area contributed by atoms with Gasteiger partial charge in [-0.15, -0.1) is 0 Å². The lowest BCUT2D eigenvalue weighted by Gasteiger charge is -2.28. The smallest absolute Gasteiger partial charge is 0.152 e. The summed E-state index contributed by atoms with van der Waals surface area (Å²) in [6.07, 6.45) is 1.88. The highest BCUT2D eigenvalue weighted by atomic mass is 16.6. The number of rotatable bonds is 3. The molecule has 72 valence electrons. The van der Waals surface area contributed by atoms with Gasteiger partial charge in [0.25, 0.3) is 0 Å². The van der Waals surface area contributed by atoms with E-state index < -0.39 is 6.29 Å². The van der Waals surface area contributed by atoms with Gasteiger partial charge in [-0.25, -0.2) is 0 Å². The van der Waals surface area contributed by atoms with Gasteiger partial charge in [0, 0.05) is 0 Å². The van der Waals surface area contributed by atoms with Crippen molar-refractivity contribution in [3.63, 3.8) is 0 Å². The fourth-order valence-corrected chi connectivity index (χ4v) is 1.74. The molecule has 0 amide bonds. The highest BCUT2D eigenvalue weighted by Crippen LogP contribution is 2.19. The molecule has 12 heavy (non-hydrogen) atoms. The van der Waals surface area contributed by atoms with Crippen LogP contribution in [0.4, 0.5) is 0 Å². The molecule has 0 bridgehead atoms. The van der Waals surface area contributed by atoms with Crippen LogP contribution in [0.15, 0.2) is 0 Å². The molecule has 2 unspecified atom stereocenters. The van der Waals surface area contributed by atoms with Crippen molar-refractivity contribution in [1.82, 2.24) is 5.32 Å². The van der Waals surface area contributed by atoms with Crippen LogP contribution in [0.2, 0.25) is 0 Å². The molecular formula is C9H19NO2. The SMILES string of the molecule is CC(O)OC(C)C1CCNCC1. The van der Waals surface area contributed by atoms with Gasteiger partial charge in [0.15, 0.2) is 6.29 Å². The van der Waals surface area contributed by atoms with Crippen LogP contribution in [-0.4, -0.2) is 30.6 Å². The van der Waals surface area contributed by atoms with E-state index in [0.717, 1.165) is 25.9 Å². The van der Waals surface area contributed by atoms with Gasteiger partial charge in [0.1, 0.15) is 0 Å². The molecule has 0 aromatic carbocycles. The highest BCUT2D eigenvalue weighted by Gasteiger charge is 2.21. The average molecular weight is 173 g/mol. The Kier molecular flexibility index (Phi) is 3.98. The molecule has 1 fully saturated rings. The topological polar surface area (TPSA) is 41.5 Å². The molecule has 1 rings (SSSR count). The van der Waals surface area contributed by atoms with E-state index in [1.807, 2.05) is 6.92 Å². The molecule has 1 saturated heterocycles. The lowest BCUT2D eigenvalue weighted by Crippen LogP contribution is -2.35. The van der Waals surface area contributed by atoms with E-state index in [0.29, 0.717) is 5.92 Å². The third-order valence-corrected chi connectivity index (χ3v) is 2.46. The minimum atomic E-state index is -0.630. The molecule has 0 aliphatic carbocycles. The highest BCUT2D eigenvalue weighted by molar-refractivity contribution is 4.73. The lowest BCUT2D eigenvalue weighted by molar-refractivity contribution is -0.136. The minimum absolute atomic E-state index is 0.187.